The highest BCUT2D eigenvalue weighted by Gasteiger charge is 1.94. The first-order valence-electron chi connectivity index (χ1n) is 6.12. The van der Waals surface area contributed by atoms with Crippen molar-refractivity contribution in [1.29, 1.82) is 0 Å². The Morgan fingerprint density at radius 3 is 2.39 bits per heavy atom. The molecule has 0 aliphatic carbocycles. The summed E-state index contributed by atoms with van der Waals surface area (Å²) in [6, 6.07) is 7.40. The van der Waals surface area contributed by atoms with Gasteiger partial charge in [0.25, 0.3) is 0 Å². The quantitative estimate of drug-likeness (QED) is 0.433. The van der Waals surface area contributed by atoms with E-state index < -0.39 is 0 Å². The van der Waals surface area contributed by atoms with Gasteiger partial charge in [-0.3, -0.25) is 4.99 Å². The number of halogens is 1. The van der Waals surface area contributed by atoms with Crippen LogP contribution in [0, 0.1) is 0 Å². The lowest BCUT2D eigenvalue weighted by Gasteiger charge is -2.05. The van der Waals surface area contributed by atoms with Crippen LogP contribution in [0.25, 0.3) is 0 Å². The normalized spacial score (nSPS) is 10.1. The lowest BCUT2D eigenvalue weighted by Crippen LogP contribution is -2.22. The molecule has 0 saturated heterocycles. The number of unbranched alkanes of at least 4 members (excludes halogenated alkanes) is 3. The van der Waals surface area contributed by atoms with E-state index >= 15 is 0 Å². The molecule has 4 nitrogen and oxygen atoms in total. The van der Waals surface area contributed by atoms with Crippen molar-refractivity contribution in [2.45, 2.75) is 25.7 Å². The van der Waals surface area contributed by atoms with Gasteiger partial charge in [-0.2, -0.15) is 0 Å². The molecule has 100 valence electrons. The minimum atomic E-state index is 0.168. The van der Waals surface area contributed by atoms with E-state index in [1.165, 1.54) is 0 Å². The Labute approximate surface area is 113 Å². The van der Waals surface area contributed by atoms with E-state index in [4.69, 9.17) is 27.8 Å². The Morgan fingerprint density at radius 1 is 1.06 bits per heavy atom. The van der Waals surface area contributed by atoms with Gasteiger partial charge in [-0.25, -0.2) is 0 Å². The van der Waals surface area contributed by atoms with Gasteiger partial charge in [0.2, 0.25) is 0 Å². The number of nitrogens with two attached hydrogens (primary N) is 2. The second kappa shape index (κ2) is 8.64. The third-order valence-corrected chi connectivity index (χ3v) is 2.68. The molecule has 0 amide bonds. The number of hydrogen-bond donors (Lipinski definition) is 2. The Hall–Kier alpha value is -1.42. The molecule has 0 aromatic heterocycles. The van der Waals surface area contributed by atoms with E-state index in [1.807, 2.05) is 24.3 Å². The summed E-state index contributed by atoms with van der Waals surface area (Å²) < 4.78 is 5.58. The SMILES string of the molecule is NC(N)=NCCCCCCOc1ccc(Cl)cc1. The zero-order chi connectivity index (χ0) is 13.2. The van der Waals surface area contributed by atoms with Gasteiger partial charge in [0, 0.05) is 11.6 Å². The number of rotatable bonds is 8. The molecule has 1 aromatic rings. The van der Waals surface area contributed by atoms with Gasteiger partial charge < -0.3 is 16.2 Å². The van der Waals surface area contributed by atoms with Gasteiger partial charge in [0.1, 0.15) is 5.75 Å². The fraction of sp³-hybridized carbons (Fsp3) is 0.462. The van der Waals surface area contributed by atoms with Gasteiger partial charge in [0.05, 0.1) is 6.61 Å². The fourth-order valence-electron chi connectivity index (χ4n) is 1.50. The first-order chi connectivity index (χ1) is 8.68. The number of nitrogens with zero attached hydrogens (tertiary/aromatic N) is 1. The molecule has 1 aromatic carbocycles. The molecule has 0 aliphatic heterocycles. The summed E-state index contributed by atoms with van der Waals surface area (Å²) in [5.74, 6) is 1.03. The summed E-state index contributed by atoms with van der Waals surface area (Å²) in [5, 5.41) is 0.724. The first-order valence-corrected chi connectivity index (χ1v) is 6.50. The smallest absolute Gasteiger partial charge is 0.185 e. The minimum absolute atomic E-state index is 0.168. The molecule has 18 heavy (non-hydrogen) atoms. The maximum absolute atomic E-state index is 5.78. The van der Waals surface area contributed by atoms with Crippen molar-refractivity contribution in [3.05, 3.63) is 29.3 Å². The molecule has 0 fully saturated rings. The van der Waals surface area contributed by atoms with Crippen LogP contribution in [0.15, 0.2) is 29.3 Å². The van der Waals surface area contributed by atoms with E-state index in [2.05, 4.69) is 4.99 Å². The van der Waals surface area contributed by atoms with Crippen molar-refractivity contribution in [3.63, 3.8) is 0 Å². The topological polar surface area (TPSA) is 73.6 Å². The lowest BCUT2D eigenvalue weighted by atomic mass is 10.2. The van der Waals surface area contributed by atoms with Gasteiger partial charge in [-0.15, -0.1) is 0 Å². The monoisotopic (exact) mass is 269 g/mol. The van der Waals surface area contributed by atoms with Crippen molar-refractivity contribution in [2.24, 2.45) is 16.5 Å². The molecule has 0 bridgehead atoms. The third-order valence-electron chi connectivity index (χ3n) is 2.43. The highest BCUT2D eigenvalue weighted by atomic mass is 35.5. The Kier molecular flexibility index (Phi) is 7.03. The van der Waals surface area contributed by atoms with Crippen LogP contribution in [0.4, 0.5) is 0 Å². The van der Waals surface area contributed by atoms with Crippen molar-refractivity contribution < 1.29 is 4.74 Å². The molecule has 0 heterocycles. The largest absolute Gasteiger partial charge is 0.494 e. The van der Waals surface area contributed by atoms with E-state index in [1.54, 1.807) is 0 Å². The van der Waals surface area contributed by atoms with Crippen molar-refractivity contribution in [1.82, 2.24) is 0 Å². The Balaban J connectivity index is 1.99. The molecular weight excluding hydrogens is 250 g/mol. The number of aliphatic imine (C=N–C) groups is 1. The second-order valence-electron chi connectivity index (χ2n) is 4.02. The Morgan fingerprint density at radius 2 is 1.72 bits per heavy atom. The third kappa shape index (κ3) is 7.01. The molecule has 0 saturated carbocycles. The first kappa shape index (κ1) is 14.6. The number of ether oxygens (including phenoxy) is 1. The van der Waals surface area contributed by atoms with Crippen molar-refractivity contribution in [2.75, 3.05) is 13.2 Å². The predicted octanol–water partition coefficient (Wildman–Crippen LogP) is 2.55. The molecule has 0 spiro atoms. The van der Waals surface area contributed by atoms with Crippen LogP contribution in [-0.4, -0.2) is 19.1 Å². The zero-order valence-electron chi connectivity index (χ0n) is 10.4. The highest BCUT2D eigenvalue weighted by Crippen LogP contribution is 2.15. The number of hydrogen-bond acceptors (Lipinski definition) is 2. The summed E-state index contributed by atoms with van der Waals surface area (Å²) >= 11 is 5.78. The molecule has 0 aliphatic rings. The minimum Gasteiger partial charge on any atom is -0.494 e. The van der Waals surface area contributed by atoms with E-state index in [0.717, 1.165) is 43.1 Å². The molecule has 5 heteroatoms. The standard InChI is InChI=1S/C13H20ClN3O/c14-11-5-7-12(8-6-11)18-10-4-2-1-3-9-17-13(15)16/h5-8H,1-4,9-10H2,(H4,15,16,17). The summed E-state index contributed by atoms with van der Waals surface area (Å²) in [6.45, 7) is 1.43. The van der Waals surface area contributed by atoms with Gasteiger partial charge in [0.15, 0.2) is 5.96 Å². The lowest BCUT2D eigenvalue weighted by molar-refractivity contribution is 0.305. The van der Waals surface area contributed by atoms with E-state index in [9.17, 15) is 0 Å². The fourth-order valence-corrected chi connectivity index (χ4v) is 1.62. The van der Waals surface area contributed by atoms with Crippen molar-refractivity contribution in [3.8, 4) is 5.75 Å². The van der Waals surface area contributed by atoms with Crippen LogP contribution < -0.4 is 16.2 Å². The summed E-state index contributed by atoms with van der Waals surface area (Å²) in [5.41, 5.74) is 10.5. The van der Waals surface area contributed by atoms with Crippen LogP contribution in [0.5, 0.6) is 5.75 Å². The second-order valence-corrected chi connectivity index (χ2v) is 4.46. The van der Waals surface area contributed by atoms with E-state index in [0.29, 0.717) is 6.54 Å². The predicted molar refractivity (Wildman–Crippen MR) is 76.1 cm³/mol. The number of benzene rings is 1. The molecule has 0 radical (unpaired) electrons. The van der Waals surface area contributed by atoms with Gasteiger partial charge in [-0.05, 0) is 43.5 Å². The maximum atomic E-state index is 5.78. The average molecular weight is 270 g/mol. The van der Waals surface area contributed by atoms with Crippen LogP contribution >= 0.6 is 11.6 Å². The average Bonchev–Trinajstić information content (AvgIpc) is 2.34. The number of guanidine groups is 1. The van der Waals surface area contributed by atoms with Crippen LogP contribution in [-0.2, 0) is 0 Å². The Bertz CT molecular complexity index is 361. The summed E-state index contributed by atoms with van der Waals surface area (Å²) in [6.07, 6.45) is 4.28. The van der Waals surface area contributed by atoms with E-state index in [-0.39, 0.29) is 5.96 Å². The summed E-state index contributed by atoms with van der Waals surface area (Å²) in [4.78, 5) is 3.93. The molecular formula is C13H20ClN3O. The molecule has 4 N–H and O–H groups in total. The maximum Gasteiger partial charge on any atom is 0.185 e. The van der Waals surface area contributed by atoms with Crippen LogP contribution in [0.2, 0.25) is 5.02 Å². The van der Waals surface area contributed by atoms with Crippen LogP contribution in [0.1, 0.15) is 25.7 Å². The zero-order valence-corrected chi connectivity index (χ0v) is 11.2. The van der Waals surface area contributed by atoms with Gasteiger partial charge >= 0.3 is 0 Å². The molecule has 0 unspecified atom stereocenters. The molecule has 1 rings (SSSR count). The highest BCUT2D eigenvalue weighted by molar-refractivity contribution is 6.30. The summed E-state index contributed by atoms with van der Waals surface area (Å²) in [7, 11) is 0. The van der Waals surface area contributed by atoms with Crippen LogP contribution in [0.3, 0.4) is 0 Å². The van der Waals surface area contributed by atoms with Crippen molar-refractivity contribution >= 4 is 17.6 Å². The van der Waals surface area contributed by atoms with Gasteiger partial charge in [-0.1, -0.05) is 18.0 Å². The molecule has 0 atom stereocenters.